The second-order valence-corrected chi connectivity index (χ2v) is 7.61. The highest BCUT2D eigenvalue weighted by Crippen LogP contribution is 2.31. The number of hydrogen-bond acceptors (Lipinski definition) is 3. The number of carbonyl (C=O) groups excluding carboxylic acids is 2. The zero-order chi connectivity index (χ0) is 19.4. The van der Waals surface area contributed by atoms with Crippen LogP contribution in [0.5, 0.6) is 0 Å². The smallest absolute Gasteiger partial charge is 0.227 e. The molecule has 1 aliphatic rings. The number of amides is 2. The second kappa shape index (κ2) is 8.42. The lowest BCUT2D eigenvalue weighted by molar-refractivity contribution is -0.128. The first-order valence-corrected chi connectivity index (χ1v) is 9.63. The van der Waals surface area contributed by atoms with E-state index in [9.17, 15) is 9.59 Å². The van der Waals surface area contributed by atoms with Gasteiger partial charge in [0.15, 0.2) is 0 Å². The summed E-state index contributed by atoms with van der Waals surface area (Å²) in [5.41, 5.74) is 4.30. The highest BCUT2D eigenvalue weighted by Gasteiger charge is 2.30. The van der Waals surface area contributed by atoms with E-state index in [0.717, 1.165) is 48.3 Å². The Bertz CT molecular complexity index is 780. The van der Waals surface area contributed by atoms with E-state index in [1.54, 1.807) is 6.26 Å². The van der Waals surface area contributed by atoms with Gasteiger partial charge in [-0.1, -0.05) is 17.7 Å². The number of anilines is 1. The molecule has 2 N–H and O–H groups in total. The molecule has 5 heteroatoms. The third-order valence-electron chi connectivity index (χ3n) is 5.41. The molecule has 2 amide bonds. The fourth-order valence-corrected chi connectivity index (χ4v) is 3.95. The molecule has 5 nitrogen and oxygen atoms in total. The lowest BCUT2D eigenvalue weighted by Gasteiger charge is -2.27. The van der Waals surface area contributed by atoms with Gasteiger partial charge >= 0.3 is 0 Å². The molecule has 2 aromatic rings. The van der Waals surface area contributed by atoms with E-state index >= 15 is 0 Å². The first-order valence-electron chi connectivity index (χ1n) is 9.63. The molecule has 1 saturated carbocycles. The SMILES string of the molecule is Cc1cc(C)c(NC(=O)C2CCC(C(=O)NCc3ccco3)CC2)c(C)c1. The van der Waals surface area contributed by atoms with Gasteiger partial charge in [0.25, 0.3) is 0 Å². The number of aryl methyl sites for hydroxylation is 3. The summed E-state index contributed by atoms with van der Waals surface area (Å²) in [4.78, 5) is 25.0. The van der Waals surface area contributed by atoms with Crippen LogP contribution in [0.15, 0.2) is 34.9 Å². The normalized spacial score (nSPS) is 19.5. The monoisotopic (exact) mass is 368 g/mol. The summed E-state index contributed by atoms with van der Waals surface area (Å²) >= 11 is 0. The van der Waals surface area contributed by atoms with Crippen molar-refractivity contribution in [1.82, 2.24) is 5.32 Å². The summed E-state index contributed by atoms with van der Waals surface area (Å²) in [5, 5.41) is 6.04. The summed E-state index contributed by atoms with van der Waals surface area (Å²) < 4.78 is 5.24. The summed E-state index contributed by atoms with van der Waals surface area (Å²) in [6, 6.07) is 7.82. The van der Waals surface area contributed by atoms with Gasteiger partial charge in [0.1, 0.15) is 5.76 Å². The fraction of sp³-hybridized carbons (Fsp3) is 0.455. The quantitative estimate of drug-likeness (QED) is 0.828. The zero-order valence-electron chi connectivity index (χ0n) is 16.3. The highest BCUT2D eigenvalue weighted by atomic mass is 16.3. The average molecular weight is 368 g/mol. The van der Waals surface area contributed by atoms with Crippen molar-refractivity contribution in [2.24, 2.45) is 11.8 Å². The van der Waals surface area contributed by atoms with Gasteiger partial charge in [0, 0.05) is 17.5 Å². The molecule has 144 valence electrons. The minimum Gasteiger partial charge on any atom is -0.467 e. The summed E-state index contributed by atoms with van der Waals surface area (Å²) in [6.45, 7) is 6.52. The molecular formula is C22H28N2O3. The maximum atomic E-state index is 12.7. The van der Waals surface area contributed by atoms with Gasteiger partial charge in [-0.2, -0.15) is 0 Å². The van der Waals surface area contributed by atoms with E-state index in [2.05, 4.69) is 29.7 Å². The lowest BCUT2D eigenvalue weighted by atomic mass is 9.81. The van der Waals surface area contributed by atoms with Crippen molar-refractivity contribution in [2.45, 2.75) is 53.0 Å². The zero-order valence-corrected chi connectivity index (χ0v) is 16.3. The Morgan fingerprint density at radius 2 is 1.59 bits per heavy atom. The fourth-order valence-electron chi connectivity index (χ4n) is 3.95. The summed E-state index contributed by atoms with van der Waals surface area (Å²) in [6.07, 6.45) is 4.58. The molecule has 0 unspecified atom stereocenters. The standard InChI is InChI=1S/C22H28N2O3/c1-14-11-15(2)20(16(3)12-14)24-22(26)18-8-6-17(7-9-18)21(25)23-13-19-5-4-10-27-19/h4-5,10-12,17-18H,6-9,13H2,1-3H3,(H,23,25)(H,24,26). The van der Waals surface area contributed by atoms with Gasteiger partial charge in [0.05, 0.1) is 12.8 Å². The van der Waals surface area contributed by atoms with Crippen LogP contribution in [-0.2, 0) is 16.1 Å². The highest BCUT2D eigenvalue weighted by molar-refractivity contribution is 5.94. The predicted octanol–water partition coefficient (Wildman–Crippen LogP) is 4.27. The van der Waals surface area contributed by atoms with Crippen molar-refractivity contribution in [2.75, 3.05) is 5.32 Å². The number of furan rings is 1. The van der Waals surface area contributed by atoms with Crippen LogP contribution in [0.2, 0.25) is 0 Å². The molecule has 0 bridgehead atoms. The molecule has 1 aromatic carbocycles. The molecule has 1 aliphatic carbocycles. The Morgan fingerprint density at radius 3 is 2.15 bits per heavy atom. The van der Waals surface area contributed by atoms with Crippen molar-refractivity contribution < 1.29 is 14.0 Å². The van der Waals surface area contributed by atoms with Crippen molar-refractivity contribution in [3.63, 3.8) is 0 Å². The van der Waals surface area contributed by atoms with Gasteiger partial charge in [-0.05, 0) is 69.7 Å². The molecule has 0 atom stereocenters. The molecule has 1 aromatic heterocycles. The van der Waals surface area contributed by atoms with E-state index < -0.39 is 0 Å². The van der Waals surface area contributed by atoms with E-state index in [0.29, 0.717) is 6.54 Å². The molecular weight excluding hydrogens is 340 g/mol. The number of nitrogens with one attached hydrogen (secondary N) is 2. The van der Waals surface area contributed by atoms with E-state index in [1.165, 1.54) is 5.56 Å². The van der Waals surface area contributed by atoms with Gasteiger partial charge in [-0.25, -0.2) is 0 Å². The van der Waals surface area contributed by atoms with Crippen LogP contribution in [0.4, 0.5) is 5.69 Å². The molecule has 27 heavy (non-hydrogen) atoms. The molecule has 1 heterocycles. The van der Waals surface area contributed by atoms with Gasteiger partial charge in [0.2, 0.25) is 11.8 Å². The summed E-state index contributed by atoms with van der Waals surface area (Å²) in [7, 11) is 0. The maximum absolute atomic E-state index is 12.7. The van der Waals surface area contributed by atoms with Crippen LogP contribution in [0.25, 0.3) is 0 Å². The van der Waals surface area contributed by atoms with E-state index in [4.69, 9.17) is 4.42 Å². The topological polar surface area (TPSA) is 71.3 Å². The third-order valence-corrected chi connectivity index (χ3v) is 5.41. The Morgan fingerprint density at radius 1 is 1.00 bits per heavy atom. The van der Waals surface area contributed by atoms with E-state index in [-0.39, 0.29) is 23.7 Å². The van der Waals surface area contributed by atoms with Crippen molar-refractivity contribution in [3.8, 4) is 0 Å². The maximum Gasteiger partial charge on any atom is 0.227 e. The third kappa shape index (κ3) is 4.79. The van der Waals surface area contributed by atoms with Crippen molar-refractivity contribution >= 4 is 17.5 Å². The Labute approximate surface area is 160 Å². The predicted molar refractivity (Wildman–Crippen MR) is 105 cm³/mol. The van der Waals surface area contributed by atoms with Crippen molar-refractivity contribution in [1.29, 1.82) is 0 Å². The number of carbonyl (C=O) groups is 2. The Balaban J connectivity index is 1.50. The van der Waals surface area contributed by atoms with Gasteiger partial charge in [-0.15, -0.1) is 0 Å². The lowest BCUT2D eigenvalue weighted by Crippen LogP contribution is -2.35. The number of rotatable bonds is 5. The molecule has 3 rings (SSSR count). The van der Waals surface area contributed by atoms with Crippen LogP contribution >= 0.6 is 0 Å². The largest absolute Gasteiger partial charge is 0.467 e. The van der Waals surface area contributed by atoms with Crippen molar-refractivity contribution in [3.05, 3.63) is 53.0 Å². The average Bonchev–Trinajstić information content (AvgIpc) is 3.16. The first-order chi connectivity index (χ1) is 12.9. The summed E-state index contributed by atoms with van der Waals surface area (Å²) in [5.74, 6) is 0.821. The molecule has 0 spiro atoms. The van der Waals surface area contributed by atoms with Gasteiger partial charge < -0.3 is 15.1 Å². The minimum absolute atomic E-state index is 0.0214. The minimum atomic E-state index is -0.0285. The molecule has 0 aliphatic heterocycles. The van der Waals surface area contributed by atoms with Crippen LogP contribution in [-0.4, -0.2) is 11.8 Å². The van der Waals surface area contributed by atoms with Crippen LogP contribution < -0.4 is 10.6 Å². The second-order valence-electron chi connectivity index (χ2n) is 7.61. The molecule has 1 fully saturated rings. The van der Waals surface area contributed by atoms with Crippen LogP contribution in [0.3, 0.4) is 0 Å². The molecule has 0 radical (unpaired) electrons. The van der Waals surface area contributed by atoms with Crippen LogP contribution in [0, 0.1) is 32.6 Å². The Hall–Kier alpha value is -2.56. The first kappa shape index (κ1) is 19.2. The molecule has 0 saturated heterocycles. The number of benzene rings is 1. The van der Waals surface area contributed by atoms with Crippen LogP contribution in [0.1, 0.15) is 48.1 Å². The van der Waals surface area contributed by atoms with Gasteiger partial charge in [-0.3, -0.25) is 9.59 Å². The Kier molecular flexibility index (Phi) is 5.99. The van der Waals surface area contributed by atoms with E-state index in [1.807, 2.05) is 26.0 Å². The number of hydrogen-bond donors (Lipinski definition) is 2.